The van der Waals surface area contributed by atoms with Gasteiger partial charge in [0.25, 0.3) is 5.91 Å². The van der Waals surface area contributed by atoms with E-state index in [1.165, 1.54) is 4.90 Å². The van der Waals surface area contributed by atoms with Crippen molar-refractivity contribution in [1.82, 2.24) is 15.1 Å². The van der Waals surface area contributed by atoms with Crippen molar-refractivity contribution in [2.75, 3.05) is 32.3 Å². The van der Waals surface area contributed by atoms with E-state index in [9.17, 15) is 9.59 Å². The zero-order chi connectivity index (χ0) is 22.0. The second-order valence-electron chi connectivity index (χ2n) is 7.41. The van der Waals surface area contributed by atoms with Crippen LogP contribution in [-0.2, 0) is 16.1 Å². The number of hydrogen-bond acceptors (Lipinski definition) is 6. The summed E-state index contributed by atoms with van der Waals surface area (Å²) in [7, 11) is 3.14. The Bertz CT molecular complexity index is 1070. The lowest BCUT2D eigenvalue weighted by Crippen LogP contribution is -2.64. The summed E-state index contributed by atoms with van der Waals surface area (Å²) in [5.41, 5.74) is 0.289. The maximum atomic E-state index is 13.6. The molecular weight excluding hydrogens is 400 g/mol. The Labute approximate surface area is 179 Å². The summed E-state index contributed by atoms with van der Waals surface area (Å²) < 4.78 is 17.3. The number of rotatable bonds is 7. The molecule has 1 aromatic carbocycles. The van der Waals surface area contributed by atoms with Gasteiger partial charge in [0.15, 0.2) is 5.76 Å². The van der Waals surface area contributed by atoms with Gasteiger partial charge < -0.3 is 19.2 Å². The summed E-state index contributed by atoms with van der Waals surface area (Å²) in [6.45, 7) is 2.61. The largest absolute Gasteiger partial charge is 0.497 e. The van der Waals surface area contributed by atoms with Gasteiger partial charge in [0.05, 0.1) is 26.5 Å². The highest BCUT2D eigenvalue weighted by molar-refractivity contribution is 6.12. The topological polar surface area (TPSA) is 98.8 Å². The molecule has 1 aliphatic rings. The summed E-state index contributed by atoms with van der Waals surface area (Å²) in [5, 5.41) is 7.38. The van der Waals surface area contributed by atoms with E-state index in [2.05, 4.69) is 10.4 Å². The van der Waals surface area contributed by atoms with E-state index in [1.807, 2.05) is 0 Å². The van der Waals surface area contributed by atoms with Gasteiger partial charge in [-0.25, -0.2) is 0 Å². The van der Waals surface area contributed by atoms with Gasteiger partial charge in [-0.05, 0) is 43.3 Å². The number of carbonyl (C=O) groups excluding carboxylic acids is 2. The van der Waals surface area contributed by atoms with Crippen LogP contribution in [0.25, 0.3) is 11.5 Å². The van der Waals surface area contributed by atoms with Crippen LogP contribution in [0, 0.1) is 0 Å². The number of aromatic nitrogens is 2. The van der Waals surface area contributed by atoms with E-state index in [0.717, 1.165) is 0 Å². The lowest BCUT2D eigenvalue weighted by Gasteiger charge is -2.43. The van der Waals surface area contributed by atoms with Gasteiger partial charge in [-0.15, -0.1) is 0 Å². The molecule has 0 saturated carbocycles. The number of nitrogens with zero attached hydrogens (tertiary/aromatic N) is 3. The summed E-state index contributed by atoms with van der Waals surface area (Å²) in [6.07, 6.45) is 1.55. The Hall–Kier alpha value is -3.59. The highest BCUT2D eigenvalue weighted by Crippen LogP contribution is 2.34. The van der Waals surface area contributed by atoms with Crippen molar-refractivity contribution in [1.29, 1.82) is 0 Å². The lowest BCUT2D eigenvalue weighted by atomic mass is 9.94. The van der Waals surface area contributed by atoms with Crippen LogP contribution < -0.4 is 15.0 Å². The normalized spacial score (nSPS) is 18.0. The van der Waals surface area contributed by atoms with Crippen LogP contribution in [-0.4, -0.2) is 54.5 Å². The number of nitrogens with one attached hydrogen (secondary N) is 1. The van der Waals surface area contributed by atoms with E-state index in [4.69, 9.17) is 13.9 Å². The average Bonchev–Trinajstić information content (AvgIpc) is 3.44. The van der Waals surface area contributed by atoms with E-state index < -0.39 is 5.54 Å². The molecule has 3 aromatic rings. The Morgan fingerprint density at radius 1 is 1.26 bits per heavy atom. The molecule has 31 heavy (non-hydrogen) atoms. The molecule has 0 fully saturated rings. The summed E-state index contributed by atoms with van der Waals surface area (Å²) in [5.74, 6) is 0.585. The minimum Gasteiger partial charge on any atom is -0.497 e. The van der Waals surface area contributed by atoms with Gasteiger partial charge in [0.1, 0.15) is 22.7 Å². The van der Waals surface area contributed by atoms with E-state index in [1.54, 1.807) is 74.6 Å². The molecule has 0 bridgehead atoms. The standard InChI is InChI=1S/C22H24N4O5/c1-22(21(28)23-10-12-29-2)14-25-18(13-17(24-25)19-5-4-11-31-19)20(27)26(22)15-6-8-16(30-3)9-7-15/h4-9,11,13H,10,12,14H2,1-3H3,(H,23,28). The molecule has 1 aliphatic heterocycles. The highest BCUT2D eigenvalue weighted by atomic mass is 16.5. The predicted molar refractivity (Wildman–Crippen MR) is 113 cm³/mol. The van der Waals surface area contributed by atoms with Crippen LogP contribution in [0.3, 0.4) is 0 Å². The quantitative estimate of drug-likeness (QED) is 0.585. The smallest absolute Gasteiger partial charge is 0.277 e. The number of carbonyl (C=O) groups is 2. The Morgan fingerprint density at radius 2 is 2.03 bits per heavy atom. The molecule has 1 atom stereocenters. The molecule has 1 N–H and O–H groups in total. The van der Waals surface area contributed by atoms with Gasteiger partial charge in [-0.2, -0.15) is 5.10 Å². The van der Waals surface area contributed by atoms with Crippen molar-refractivity contribution in [3.63, 3.8) is 0 Å². The third-order valence-electron chi connectivity index (χ3n) is 5.34. The van der Waals surface area contributed by atoms with Crippen molar-refractivity contribution in [3.05, 3.63) is 54.4 Å². The number of furan rings is 1. The maximum Gasteiger partial charge on any atom is 0.277 e. The summed E-state index contributed by atoms with van der Waals surface area (Å²) >= 11 is 0. The maximum absolute atomic E-state index is 13.6. The van der Waals surface area contributed by atoms with Crippen molar-refractivity contribution >= 4 is 17.5 Å². The van der Waals surface area contributed by atoms with E-state index in [-0.39, 0.29) is 18.4 Å². The fraction of sp³-hybridized carbons (Fsp3) is 0.318. The molecule has 0 spiro atoms. The number of benzene rings is 1. The van der Waals surface area contributed by atoms with Gasteiger partial charge in [-0.3, -0.25) is 19.2 Å². The minimum atomic E-state index is -1.21. The van der Waals surface area contributed by atoms with Crippen molar-refractivity contribution in [3.8, 4) is 17.2 Å². The molecule has 0 saturated heterocycles. The number of methoxy groups -OCH3 is 2. The molecule has 1 unspecified atom stereocenters. The molecule has 0 radical (unpaired) electrons. The zero-order valence-corrected chi connectivity index (χ0v) is 17.6. The Balaban J connectivity index is 1.77. The lowest BCUT2D eigenvalue weighted by molar-refractivity contribution is -0.126. The van der Waals surface area contributed by atoms with Crippen molar-refractivity contribution in [2.24, 2.45) is 0 Å². The predicted octanol–water partition coefficient (Wildman–Crippen LogP) is 2.33. The third kappa shape index (κ3) is 3.68. The molecule has 3 heterocycles. The molecule has 9 heteroatoms. The first kappa shape index (κ1) is 20.7. The zero-order valence-electron chi connectivity index (χ0n) is 17.6. The van der Waals surface area contributed by atoms with Crippen LogP contribution in [0.5, 0.6) is 5.75 Å². The second kappa shape index (κ2) is 8.27. The third-order valence-corrected chi connectivity index (χ3v) is 5.34. The molecular formula is C22H24N4O5. The SMILES string of the molecule is COCCNC(=O)C1(C)Cn2nc(-c3ccco3)cc2C(=O)N1c1ccc(OC)cc1. The van der Waals surface area contributed by atoms with E-state index in [0.29, 0.717) is 41.7 Å². The van der Waals surface area contributed by atoms with Crippen LogP contribution in [0.15, 0.2) is 53.1 Å². The van der Waals surface area contributed by atoms with Gasteiger partial charge in [0, 0.05) is 25.4 Å². The van der Waals surface area contributed by atoms with Crippen LogP contribution in [0.1, 0.15) is 17.4 Å². The second-order valence-corrected chi connectivity index (χ2v) is 7.41. The van der Waals surface area contributed by atoms with Gasteiger partial charge in [0.2, 0.25) is 5.91 Å². The Kier molecular flexibility index (Phi) is 5.51. The Morgan fingerprint density at radius 3 is 2.68 bits per heavy atom. The first-order valence-electron chi connectivity index (χ1n) is 9.85. The molecule has 2 amide bonds. The molecule has 4 rings (SSSR count). The first-order valence-corrected chi connectivity index (χ1v) is 9.85. The molecule has 2 aromatic heterocycles. The summed E-state index contributed by atoms with van der Waals surface area (Å²) in [6, 6.07) is 12.2. The van der Waals surface area contributed by atoms with Gasteiger partial charge >= 0.3 is 0 Å². The molecule has 9 nitrogen and oxygen atoms in total. The van der Waals surface area contributed by atoms with Gasteiger partial charge in [-0.1, -0.05) is 0 Å². The first-order chi connectivity index (χ1) is 15.0. The van der Waals surface area contributed by atoms with E-state index >= 15 is 0 Å². The average molecular weight is 424 g/mol. The fourth-order valence-electron chi connectivity index (χ4n) is 3.72. The number of anilines is 1. The number of amides is 2. The number of fused-ring (bicyclic) bond motifs is 1. The monoisotopic (exact) mass is 424 g/mol. The number of hydrogen-bond donors (Lipinski definition) is 1. The highest BCUT2D eigenvalue weighted by Gasteiger charge is 2.48. The molecule has 162 valence electrons. The molecule has 0 aliphatic carbocycles. The van der Waals surface area contributed by atoms with Crippen LogP contribution >= 0.6 is 0 Å². The van der Waals surface area contributed by atoms with Crippen molar-refractivity contribution in [2.45, 2.75) is 19.0 Å². The number of ether oxygens (including phenoxy) is 2. The van der Waals surface area contributed by atoms with Crippen LogP contribution in [0.4, 0.5) is 5.69 Å². The minimum absolute atomic E-state index is 0.180. The van der Waals surface area contributed by atoms with Crippen LogP contribution in [0.2, 0.25) is 0 Å². The fourth-order valence-corrected chi connectivity index (χ4v) is 3.72. The van der Waals surface area contributed by atoms with Crippen molar-refractivity contribution < 1.29 is 23.5 Å². The summed E-state index contributed by atoms with van der Waals surface area (Å²) in [4.78, 5) is 28.4.